The number of nitrogens with zero attached hydrogens (tertiary/aromatic N) is 1. The number of aryl methyl sites for hydroxylation is 1. The number of anilines is 2. The minimum Gasteiger partial charge on any atom is -0.495 e. The second kappa shape index (κ2) is 9.78. The molecular weight excluding hydrogens is 358 g/mol. The van der Waals surface area contributed by atoms with Gasteiger partial charge in [0.25, 0.3) is 5.91 Å². The van der Waals surface area contributed by atoms with Gasteiger partial charge in [-0.1, -0.05) is 18.2 Å². The van der Waals surface area contributed by atoms with E-state index in [2.05, 4.69) is 10.6 Å². The van der Waals surface area contributed by atoms with Gasteiger partial charge in [0.1, 0.15) is 17.4 Å². The third-order valence-electron chi connectivity index (χ3n) is 3.76. The van der Waals surface area contributed by atoms with Crippen LogP contribution in [0.25, 0.3) is 0 Å². The lowest BCUT2D eigenvalue weighted by molar-refractivity contribution is -0.112. The maximum absolute atomic E-state index is 12.5. The number of carbonyl (C=O) groups is 2. The Bertz CT molecular complexity index is 945. The Morgan fingerprint density at radius 1 is 1.18 bits per heavy atom. The van der Waals surface area contributed by atoms with Crippen molar-refractivity contribution in [1.29, 1.82) is 5.26 Å². The highest BCUT2D eigenvalue weighted by atomic mass is 16.5. The van der Waals surface area contributed by atoms with E-state index in [0.29, 0.717) is 11.4 Å². The second-order valence-corrected chi connectivity index (χ2v) is 5.74. The van der Waals surface area contributed by atoms with Crippen LogP contribution in [0, 0.1) is 18.3 Å². The van der Waals surface area contributed by atoms with Gasteiger partial charge in [-0.15, -0.1) is 0 Å². The van der Waals surface area contributed by atoms with Crippen LogP contribution in [0.5, 0.6) is 5.75 Å². The third kappa shape index (κ3) is 5.11. The molecule has 0 aromatic heterocycles. The molecule has 2 N–H and O–H groups in total. The highest BCUT2D eigenvalue weighted by Crippen LogP contribution is 2.25. The molecule has 28 heavy (non-hydrogen) atoms. The first-order valence-electron chi connectivity index (χ1n) is 8.59. The Kier molecular flexibility index (Phi) is 7.17. The Morgan fingerprint density at radius 2 is 1.93 bits per heavy atom. The number of methoxy groups -OCH3 is 1. The standard InChI is InChI=1S/C21H21N3O4/c1-4-28-21(26)16-7-5-6-8-17(16)24-20(25)15(12-22)13-23-18-11-14(2)9-10-19(18)27-3/h5-11,13,23H,4H2,1-3H3,(H,24,25)/b15-13-. The SMILES string of the molecule is CCOC(=O)c1ccccc1NC(=O)/C(C#N)=C\Nc1cc(C)ccc1OC. The lowest BCUT2D eigenvalue weighted by Gasteiger charge is -2.11. The monoisotopic (exact) mass is 379 g/mol. The number of carbonyl (C=O) groups excluding carboxylic acids is 2. The zero-order valence-electron chi connectivity index (χ0n) is 15.9. The largest absolute Gasteiger partial charge is 0.495 e. The number of esters is 1. The number of nitriles is 1. The molecule has 2 aromatic carbocycles. The zero-order valence-corrected chi connectivity index (χ0v) is 15.9. The number of hydrogen-bond donors (Lipinski definition) is 2. The fourth-order valence-electron chi connectivity index (χ4n) is 2.40. The highest BCUT2D eigenvalue weighted by molar-refractivity contribution is 6.09. The van der Waals surface area contributed by atoms with E-state index in [-0.39, 0.29) is 23.4 Å². The van der Waals surface area contributed by atoms with Crippen molar-refractivity contribution in [2.45, 2.75) is 13.8 Å². The molecule has 0 aliphatic carbocycles. The van der Waals surface area contributed by atoms with Crippen LogP contribution >= 0.6 is 0 Å². The molecule has 144 valence electrons. The number of hydrogen-bond acceptors (Lipinski definition) is 6. The van der Waals surface area contributed by atoms with Gasteiger partial charge < -0.3 is 20.1 Å². The fourth-order valence-corrected chi connectivity index (χ4v) is 2.40. The second-order valence-electron chi connectivity index (χ2n) is 5.74. The van der Waals surface area contributed by atoms with Gasteiger partial charge >= 0.3 is 5.97 Å². The van der Waals surface area contributed by atoms with Crippen LogP contribution in [0.1, 0.15) is 22.8 Å². The van der Waals surface area contributed by atoms with Gasteiger partial charge in [-0.05, 0) is 43.7 Å². The number of para-hydroxylation sites is 1. The minimum atomic E-state index is -0.654. The van der Waals surface area contributed by atoms with Crippen LogP contribution in [0.15, 0.2) is 54.2 Å². The number of rotatable bonds is 7. The van der Waals surface area contributed by atoms with Crippen molar-refractivity contribution < 1.29 is 19.1 Å². The van der Waals surface area contributed by atoms with E-state index in [0.717, 1.165) is 5.56 Å². The van der Waals surface area contributed by atoms with Gasteiger partial charge in [0.15, 0.2) is 0 Å². The van der Waals surface area contributed by atoms with Gasteiger partial charge in [-0.25, -0.2) is 4.79 Å². The summed E-state index contributed by atoms with van der Waals surface area (Å²) in [4.78, 5) is 24.5. The summed E-state index contributed by atoms with van der Waals surface area (Å²) >= 11 is 0. The lowest BCUT2D eigenvalue weighted by Crippen LogP contribution is -2.17. The number of benzene rings is 2. The van der Waals surface area contributed by atoms with E-state index in [1.54, 1.807) is 37.3 Å². The van der Waals surface area contributed by atoms with Crippen molar-refractivity contribution in [1.82, 2.24) is 0 Å². The van der Waals surface area contributed by atoms with Gasteiger partial charge in [-0.3, -0.25) is 4.79 Å². The predicted octanol–water partition coefficient (Wildman–Crippen LogP) is 3.64. The van der Waals surface area contributed by atoms with E-state index in [9.17, 15) is 14.9 Å². The summed E-state index contributed by atoms with van der Waals surface area (Å²) in [5.74, 6) is -0.630. The van der Waals surface area contributed by atoms with Crippen LogP contribution in [0.2, 0.25) is 0 Å². The molecule has 2 rings (SSSR count). The summed E-state index contributed by atoms with van der Waals surface area (Å²) < 4.78 is 10.2. The first-order valence-corrected chi connectivity index (χ1v) is 8.59. The highest BCUT2D eigenvalue weighted by Gasteiger charge is 2.16. The molecule has 0 heterocycles. The van der Waals surface area contributed by atoms with Crippen molar-refractivity contribution in [2.24, 2.45) is 0 Å². The smallest absolute Gasteiger partial charge is 0.340 e. The molecule has 0 aliphatic heterocycles. The Labute approximate surface area is 163 Å². The van der Waals surface area contributed by atoms with E-state index < -0.39 is 11.9 Å². The molecule has 0 aliphatic rings. The molecule has 0 atom stereocenters. The van der Waals surface area contributed by atoms with Crippen molar-refractivity contribution in [3.8, 4) is 11.8 Å². The van der Waals surface area contributed by atoms with E-state index >= 15 is 0 Å². The maximum Gasteiger partial charge on any atom is 0.340 e. The Balaban J connectivity index is 2.21. The summed E-state index contributed by atoms with van der Waals surface area (Å²) in [7, 11) is 1.53. The maximum atomic E-state index is 12.5. The van der Waals surface area contributed by atoms with Gasteiger partial charge in [-0.2, -0.15) is 5.26 Å². The number of amides is 1. The Hall–Kier alpha value is -3.79. The van der Waals surface area contributed by atoms with E-state index in [4.69, 9.17) is 9.47 Å². The molecular formula is C21H21N3O4. The molecule has 0 bridgehead atoms. The summed E-state index contributed by atoms with van der Waals surface area (Å²) in [5.41, 5.74) is 1.92. The fraction of sp³-hybridized carbons (Fsp3) is 0.190. The minimum absolute atomic E-state index is 0.165. The van der Waals surface area contributed by atoms with Crippen molar-refractivity contribution in [3.63, 3.8) is 0 Å². The molecule has 0 fully saturated rings. The van der Waals surface area contributed by atoms with Gasteiger partial charge in [0, 0.05) is 6.20 Å². The summed E-state index contributed by atoms with van der Waals surface area (Å²) in [6, 6.07) is 13.8. The molecule has 0 saturated heterocycles. The molecule has 2 aromatic rings. The normalized spacial score (nSPS) is 10.6. The van der Waals surface area contributed by atoms with Crippen LogP contribution in [0.3, 0.4) is 0 Å². The first-order chi connectivity index (χ1) is 13.5. The van der Waals surface area contributed by atoms with Gasteiger partial charge in [0.2, 0.25) is 0 Å². The molecule has 0 radical (unpaired) electrons. The molecule has 7 nitrogen and oxygen atoms in total. The van der Waals surface area contributed by atoms with Crippen molar-refractivity contribution in [3.05, 3.63) is 65.4 Å². The van der Waals surface area contributed by atoms with Gasteiger partial charge in [0.05, 0.1) is 30.7 Å². The Morgan fingerprint density at radius 3 is 2.61 bits per heavy atom. The summed E-state index contributed by atoms with van der Waals surface area (Å²) in [6.07, 6.45) is 1.29. The number of nitrogens with one attached hydrogen (secondary N) is 2. The lowest BCUT2D eigenvalue weighted by atomic mass is 10.1. The van der Waals surface area contributed by atoms with Crippen LogP contribution in [0.4, 0.5) is 11.4 Å². The van der Waals surface area contributed by atoms with Crippen LogP contribution in [-0.2, 0) is 9.53 Å². The topological polar surface area (TPSA) is 100 Å². The van der Waals surface area contributed by atoms with E-state index in [1.807, 2.05) is 25.1 Å². The predicted molar refractivity (Wildman–Crippen MR) is 106 cm³/mol. The quantitative estimate of drug-likeness (QED) is 0.433. The molecule has 0 spiro atoms. The molecule has 1 amide bonds. The average molecular weight is 379 g/mol. The first kappa shape index (κ1) is 20.5. The molecule has 7 heteroatoms. The number of ether oxygens (including phenoxy) is 2. The summed E-state index contributed by atoms with van der Waals surface area (Å²) in [6.45, 7) is 3.83. The van der Waals surface area contributed by atoms with Crippen LogP contribution < -0.4 is 15.4 Å². The van der Waals surface area contributed by atoms with Crippen LogP contribution in [-0.4, -0.2) is 25.6 Å². The van der Waals surface area contributed by atoms with E-state index in [1.165, 1.54) is 13.3 Å². The zero-order chi connectivity index (χ0) is 20.5. The van der Waals surface area contributed by atoms with Crippen molar-refractivity contribution in [2.75, 3.05) is 24.4 Å². The average Bonchev–Trinajstić information content (AvgIpc) is 2.69. The van der Waals surface area contributed by atoms with Crippen molar-refractivity contribution >= 4 is 23.3 Å². The third-order valence-corrected chi connectivity index (χ3v) is 3.76. The molecule has 0 unspecified atom stereocenters. The molecule has 0 saturated carbocycles. The summed E-state index contributed by atoms with van der Waals surface area (Å²) in [5, 5.41) is 14.8.